The summed E-state index contributed by atoms with van der Waals surface area (Å²) in [6.07, 6.45) is 3.13. The zero-order chi connectivity index (χ0) is 21.7. The number of aliphatic imine (C=N–C) groups is 1. The number of hydrogen-bond acceptors (Lipinski definition) is 5. The molecule has 3 rings (SSSR count). The smallest absolute Gasteiger partial charge is 0.190 e. The van der Waals surface area contributed by atoms with Gasteiger partial charge in [0.15, 0.2) is 5.96 Å². The number of nitrogens with one attached hydrogen (secondary N) is 2. The van der Waals surface area contributed by atoms with Crippen LogP contribution in [-0.4, -0.2) is 90.1 Å². The van der Waals surface area contributed by atoms with Gasteiger partial charge in [-0.3, -0.25) is 9.89 Å². The molecule has 0 aliphatic carbocycles. The number of para-hydroxylation sites is 1. The molecule has 0 spiro atoms. The molecule has 0 amide bonds. The number of anilines is 1. The average molecular weight is 436 g/mol. The first-order chi connectivity index (χ1) is 15.3. The third kappa shape index (κ3) is 8.27. The normalized spacial score (nSPS) is 20.3. The van der Waals surface area contributed by atoms with Crippen molar-refractivity contribution in [2.24, 2.45) is 10.9 Å². The highest BCUT2D eigenvalue weighted by atomic mass is 19.1. The molecular formula is C23H38FN5O2. The second kappa shape index (κ2) is 13.5. The minimum absolute atomic E-state index is 0.131. The van der Waals surface area contributed by atoms with Gasteiger partial charge in [0, 0.05) is 65.4 Å². The zero-order valence-electron chi connectivity index (χ0n) is 18.8. The van der Waals surface area contributed by atoms with E-state index in [1.807, 2.05) is 12.1 Å². The summed E-state index contributed by atoms with van der Waals surface area (Å²) >= 11 is 0. The van der Waals surface area contributed by atoms with Crippen molar-refractivity contribution in [1.82, 2.24) is 15.5 Å². The van der Waals surface area contributed by atoms with Crippen molar-refractivity contribution in [2.75, 3.05) is 84.2 Å². The molecule has 174 valence electrons. The highest BCUT2D eigenvalue weighted by Crippen LogP contribution is 2.20. The Labute approximate surface area is 186 Å². The predicted octanol–water partition coefficient (Wildman–Crippen LogP) is 1.95. The summed E-state index contributed by atoms with van der Waals surface area (Å²) in [5.74, 6) is 1.28. The second-order valence-corrected chi connectivity index (χ2v) is 8.22. The van der Waals surface area contributed by atoms with Crippen LogP contribution >= 0.6 is 0 Å². The van der Waals surface area contributed by atoms with Gasteiger partial charge in [0.25, 0.3) is 0 Å². The summed E-state index contributed by atoms with van der Waals surface area (Å²) < 4.78 is 25.0. The van der Waals surface area contributed by atoms with Gasteiger partial charge < -0.3 is 25.0 Å². The van der Waals surface area contributed by atoms with E-state index in [2.05, 4.69) is 25.4 Å². The lowest BCUT2D eigenvalue weighted by Crippen LogP contribution is -2.47. The summed E-state index contributed by atoms with van der Waals surface area (Å²) in [5, 5.41) is 6.73. The molecule has 0 saturated carbocycles. The van der Waals surface area contributed by atoms with Crippen LogP contribution in [0.3, 0.4) is 0 Å². The van der Waals surface area contributed by atoms with E-state index < -0.39 is 0 Å². The molecule has 0 radical (unpaired) electrons. The first-order valence-electron chi connectivity index (χ1n) is 11.6. The molecule has 2 fully saturated rings. The Morgan fingerprint density at radius 1 is 1.16 bits per heavy atom. The van der Waals surface area contributed by atoms with Crippen LogP contribution in [0.5, 0.6) is 0 Å². The number of rotatable bonds is 11. The number of nitrogens with zero attached hydrogens (tertiary/aromatic N) is 3. The van der Waals surface area contributed by atoms with E-state index in [0.29, 0.717) is 5.92 Å². The molecule has 1 unspecified atom stereocenters. The quantitative estimate of drug-likeness (QED) is 0.315. The van der Waals surface area contributed by atoms with Gasteiger partial charge in [-0.05, 0) is 37.9 Å². The molecule has 1 aromatic carbocycles. The molecule has 2 aliphatic rings. The Kier molecular flexibility index (Phi) is 10.3. The second-order valence-electron chi connectivity index (χ2n) is 8.22. The Hall–Kier alpha value is -1.90. The van der Waals surface area contributed by atoms with Crippen molar-refractivity contribution in [2.45, 2.75) is 19.3 Å². The fourth-order valence-corrected chi connectivity index (χ4v) is 4.00. The van der Waals surface area contributed by atoms with E-state index in [4.69, 9.17) is 9.47 Å². The van der Waals surface area contributed by atoms with Crippen molar-refractivity contribution >= 4 is 11.6 Å². The van der Waals surface area contributed by atoms with Crippen molar-refractivity contribution < 1.29 is 13.9 Å². The Morgan fingerprint density at radius 3 is 2.65 bits per heavy atom. The third-order valence-corrected chi connectivity index (χ3v) is 5.87. The number of halogens is 1. The van der Waals surface area contributed by atoms with Gasteiger partial charge >= 0.3 is 0 Å². The molecule has 0 bridgehead atoms. The Morgan fingerprint density at radius 2 is 1.94 bits per heavy atom. The van der Waals surface area contributed by atoms with Gasteiger partial charge in [-0.1, -0.05) is 12.1 Å². The van der Waals surface area contributed by atoms with Crippen LogP contribution in [0.15, 0.2) is 29.3 Å². The highest BCUT2D eigenvalue weighted by molar-refractivity contribution is 5.79. The van der Waals surface area contributed by atoms with Gasteiger partial charge in [0.05, 0.1) is 18.9 Å². The molecule has 2 aliphatic heterocycles. The summed E-state index contributed by atoms with van der Waals surface area (Å²) in [6.45, 7) is 9.72. The molecule has 2 heterocycles. The van der Waals surface area contributed by atoms with Gasteiger partial charge in [0.2, 0.25) is 0 Å². The van der Waals surface area contributed by atoms with E-state index in [9.17, 15) is 4.39 Å². The van der Waals surface area contributed by atoms with Crippen molar-refractivity contribution in [3.05, 3.63) is 30.1 Å². The summed E-state index contributed by atoms with van der Waals surface area (Å²) in [6, 6.07) is 7.04. The fraction of sp³-hybridized carbons (Fsp3) is 0.696. The SMILES string of the molecule is CN=C(NCCCOCC1CCOC1)NCCCN1CCN(c2ccccc2F)CC1. The van der Waals surface area contributed by atoms with Crippen LogP contribution in [0.25, 0.3) is 0 Å². The van der Waals surface area contributed by atoms with Crippen LogP contribution in [0.2, 0.25) is 0 Å². The Bertz CT molecular complexity index is 661. The van der Waals surface area contributed by atoms with Crippen LogP contribution < -0.4 is 15.5 Å². The average Bonchev–Trinajstić information content (AvgIpc) is 3.32. The minimum Gasteiger partial charge on any atom is -0.381 e. The molecule has 8 heteroatoms. The van der Waals surface area contributed by atoms with E-state index in [-0.39, 0.29) is 5.82 Å². The fourth-order valence-electron chi connectivity index (χ4n) is 4.00. The first kappa shape index (κ1) is 23.8. The molecule has 1 aromatic rings. The molecule has 2 N–H and O–H groups in total. The van der Waals surface area contributed by atoms with E-state index in [1.54, 1.807) is 13.1 Å². The van der Waals surface area contributed by atoms with Crippen LogP contribution in [0.1, 0.15) is 19.3 Å². The van der Waals surface area contributed by atoms with Crippen LogP contribution in [-0.2, 0) is 9.47 Å². The molecule has 0 aromatic heterocycles. The predicted molar refractivity (Wildman–Crippen MR) is 123 cm³/mol. The minimum atomic E-state index is -0.131. The van der Waals surface area contributed by atoms with E-state index in [1.165, 1.54) is 6.07 Å². The van der Waals surface area contributed by atoms with E-state index in [0.717, 1.165) is 103 Å². The summed E-state index contributed by atoms with van der Waals surface area (Å²) in [5.41, 5.74) is 0.719. The van der Waals surface area contributed by atoms with E-state index >= 15 is 0 Å². The van der Waals surface area contributed by atoms with Crippen molar-refractivity contribution in [3.63, 3.8) is 0 Å². The van der Waals surface area contributed by atoms with Gasteiger partial charge in [0.1, 0.15) is 5.82 Å². The maximum atomic E-state index is 14.0. The summed E-state index contributed by atoms with van der Waals surface area (Å²) in [7, 11) is 1.80. The standard InChI is InChI=1S/C23H38FN5O2/c1-25-23(27-10-5-16-30-18-20-8-17-31-19-20)26-9-4-11-28-12-14-29(15-13-28)22-7-3-2-6-21(22)24/h2-3,6-7,20H,4-5,8-19H2,1H3,(H2,25,26,27). The first-order valence-corrected chi connectivity index (χ1v) is 11.6. The lowest BCUT2D eigenvalue weighted by Gasteiger charge is -2.36. The van der Waals surface area contributed by atoms with Crippen molar-refractivity contribution in [1.29, 1.82) is 0 Å². The summed E-state index contributed by atoms with van der Waals surface area (Å²) in [4.78, 5) is 8.87. The topological polar surface area (TPSA) is 61.4 Å². The van der Waals surface area contributed by atoms with Crippen molar-refractivity contribution in [3.8, 4) is 0 Å². The number of benzene rings is 1. The Balaban J connectivity index is 1.19. The molecule has 2 saturated heterocycles. The molecule has 7 nitrogen and oxygen atoms in total. The lowest BCUT2D eigenvalue weighted by molar-refractivity contribution is 0.0888. The highest BCUT2D eigenvalue weighted by Gasteiger charge is 2.19. The zero-order valence-corrected chi connectivity index (χ0v) is 18.8. The molecule has 1 atom stereocenters. The lowest BCUT2D eigenvalue weighted by atomic mass is 10.1. The third-order valence-electron chi connectivity index (χ3n) is 5.87. The van der Waals surface area contributed by atoms with Gasteiger partial charge in [-0.25, -0.2) is 4.39 Å². The number of ether oxygens (including phenoxy) is 2. The number of hydrogen-bond donors (Lipinski definition) is 2. The van der Waals surface area contributed by atoms with Gasteiger partial charge in [-0.15, -0.1) is 0 Å². The number of piperazine rings is 1. The monoisotopic (exact) mass is 435 g/mol. The molecular weight excluding hydrogens is 397 g/mol. The number of guanidine groups is 1. The largest absolute Gasteiger partial charge is 0.381 e. The van der Waals surface area contributed by atoms with Crippen LogP contribution in [0.4, 0.5) is 10.1 Å². The molecule has 31 heavy (non-hydrogen) atoms. The maximum Gasteiger partial charge on any atom is 0.190 e. The maximum absolute atomic E-state index is 14.0. The van der Waals surface area contributed by atoms with Gasteiger partial charge in [-0.2, -0.15) is 0 Å². The van der Waals surface area contributed by atoms with Crippen LogP contribution in [0, 0.1) is 11.7 Å².